The molecule has 7 heteroatoms. The van der Waals surface area contributed by atoms with Crippen LogP contribution in [0.5, 0.6) is 0 Å². The molecule has 0 radical (unpaired) electrons. The van der Waals surface area contributed by atoms with Crippen molar-refractivity contribution in [3.05, 3.63) is 53.1 Å². The number of alkyl halides is 3. The van der Waals surface area contributed by atoms with E-state index < -0.39 is 17.3 Å². The Balaban J connectivity index is 1.96. The maximum Gasteiger partial charge on any atom is 0.416 e. The van der Waals surface area contributed by atoms with Gasteiger partial charge in [-0.05, 0) is 68.1 Å². The Kier molecular flexibility index (Phi) is 5.76. The van der Waals surface area contributed by atoms with Crippen LogP contribution in [-0.2, 0) is 23.9 Å². The van der Waals surface area contributed by atoms with Gasteiger partial charge in [0.15, 0.2) is 0 Å². The standard InChI is InChI=1S/C23H27F3N2O2/c1-22(2,3)30-21(29)28-11-10-16-13-20(27(4)5)19(12-17(16)14-28)15-6-8-18(9-7-15)23(24,25)26/h6-9,12-13H,10-11,14H2,1-5H3. The summed E-state index contributed by atoms with van der Waals surface area (Å²) in [6, 6.07) is 9.22. The lowest BCUT2D eigenvalue weighted by Crippen LogP contribution is -2.40. The summed E-state index contributed by atoms with van der Waals surface area (Å²) in [5, 5.41) is 0. The zero-order chi connectivity index (χ0) is 22.3. The third-order valence-corrected chi connectivity index (χ3v) is 4.99. The van der Waals surface area contributed by atoms with Crippen LogP contribution in [0.3, 0.4) is 0 Å². The monoisotopic (exact) mass is 420 g/mol. The van der Waals surface area contributed by atoms with Gasteiger partial charge in [0.05, 0.1) is 5.56 Å². The predicted molar refractivity (Wildman–Crippen MR) is 112 cm³/mol. The minimum atomic E-state index is -4.37. The maximum absolute atomic E-state index is 12.9. The molecule has 1 heterocycles. The third kappa shape index (κ3) is 4.89. The molecule has 0 aliphatic carbocycles. The first-order chi connectivity index (χ1) is 13.8. The van der Waals surface area contributed by atoms with Crippen LogP contribution in [0, 0.1) is 0 Å². The van der Waals surface area contributed by atoms with Crippen LogP contribution >= 0.6 is 0 Å². The summed E-state index contributed by atoms with van der Waals surface area (Å²) in [4.78, 5) is 16.1. The van der Waals surface area contributed by atoms with E-state index in [0.29, 0.717) is 25.1 Å². The van der Waals surface area contributed by atoms with E-state index in [2.05, 4.69) is 6.07 Å². The second-order valence-corrected chi connectivity index (χ2v) is 8.76. The summed E-state index contributed by atoms with van der Waals surface area (Å²) in [7, 11) is 3.82. The molecule has 0 spiro atoms. The molecule has 4 nitrogen and oxygen atoms in total. The SMILES string of the molecule is CN(C)c1cc2c(cc1-c1ccc(C(F)(F)F)cc1)CN(C(=O)OC(C)(C)C)CC2. The molecule has 0 saturated carbocycles. The Morgan fingerprint density at radius 2 is 1.67 bits per heavy atom. The first kappa shape index (κ1) is 22.0. The van der Waals surface area contributed by atoms with E-state index in [1.54, 1.807) is 4.90 Å². The third-order valence-electron chi connectivity index (χ3n) is 4.99. The number of hydrogen-bond acceptors (Lipinski definition) is 3. The van der Waals surface area contributed by atoms with Crippen molar-refractivity contribution in [3.8, 4) is 11.1 Å². The number of amides is 1. The number of halogens is 3. The predicted octanol–water partition coefficient (Wildman–Crippen LogP) is 5.73. The van der Waals surface area contributed by atoms with Crippen LogP contribution in [0.1, 0.15) is 37.5 Å². The van der Waals surface area contributed by atoms with Crippen molar-refractivity contribution >= 4 is 11.8 Å². The molecule has 0 aromatic heterocycles. The average molecular weight is 420 g/mol. The molecule has 162 valence electrons. The Morgan fingerprint density at radius 1 is 1.03 bits per heavy atom. The first-order valence-corrected chi connectivity index (χ1v) is 9.84. The highest BCUT2D eigenvalue weighted by Crippen LogP contribution is 2.37. The molecule has 1 aliphatic rings. The highest BCUT2D eigenvalue weighted by molar-refractivity contribution is 5.80. The number of nitrogens with zero attached hydrogens (tertiary/aromatic N) is 2. The summed E-state index contributed by atoms with van der Waals surface area (Å²) >= 11 is 0. The van der Waals surface area contributed by atoms with Gasteiger partial charge >= 0.3 is 12.3 Å². The van der Waals surface area contributed by atoms with Crippen LogP contribution in [0.2, 0.25) is 0 Å². The van der Waals surface area contributed by atoms with Gasteiger partial charge in [0, 0.05) is 38.4 Å². The molecule has 1 amide bonds. The molecular weight excluding hydrogens is 393 g/mol. The van der Waals surface area contributed by atoms with Gasteiger partial charge in [-0.1, -0.05) is 12.1 Å². The van der Waals surface area contributed by atoms with Crippen LogP contribution in [0.15, 0.2) is 36.4 Å². The second-order valence-electron chi connectivity index (χ2n) is 8.76. The molecule has 0 atom stereocenters. The fraction of sp³-hybridized carbons (Fsp3) is 0.435. The van der Waals surface area contributed by atoms with E-state index in [0.717, 1.165) is 34.5 Å². The van der Waals surface area contributed by atoms with E-state index in [9.17, 15) is 18.0 Å². The fourth-order valence-electron chi connectivity index (χ4n) is 3.52. The minimum absolute atomic E-state index is 0.360. The molecule has 0 saturated heterocycles. The van der Waals surface area contributed by atoms with Crippen molar-refractivity contribution in [2.24, 2.45) is 0 Å². The zero-order valence-electron chi connectivity index (χ0n) is 17.9. The summed E-state index contributed by atoms with van der Waals surface area (Å²) in [6.07, 6.45) is -4.03. The van der Waals surface area contributed by atoms with Crippen LogP contribution in [0.4, 0.5) is 23.7 Å². The van der Waals surface area contributed by atoms with Gasteiger partial charge in [-0.2, -0.15) is 13.2 Å². The Labute approximate surface area is 175 Å². The summed E-state index contributed by atoms with van der Waals surface area (Å²) in [5.74, 6) is 0. The second kappa shape index (κ2) is 7.85. The number of rotatable bonds is 2. The maximum atomic E-state index is 12.9. The summed E-state index contributed by atoms with van der Waals surface area (Å²) in [6.45, 7) is 6.46. The topological polar surface area (TPSA) is 32.8 Å². The van der Waals surface area contributed by atoms with Gasteiger partial charge in [0.25, 0.3) is 0 Å². The molecular formula is C23H27F3N2O2. The lowest BCUT2D eigenvalue weighted by Gasteiger charge is -2.32. The van der Waals surface area contributed by atoms with Crippen LogP contribution in [0.25, 0.3) is 11.1 Å². The van der Waals surface area contributed by atoms with Crippen molar-refractivity contribution in [1.29, 1.82) is 0 Å². The molecule has 0 bridgehead atoms. The highest BCUT2D eigenvalue weighted by Gasteiger charge is 2.30. The quantitative estimate of drug-likeness (QED) is 0.622. The molecule has 3 rings (SSSR count). The Morgan fingerprint density at radius 3 is 2.20 bits per heavy atom. The lowest BCUT2D eigenvalue weighted by atomic mass is 9.92. The van der Waals surface area contributed by atoms with E-state index in [1.165, 1.54) is 12.1 Å². The molecule has 2 aromatic carbocycles. The van der Waals surface area contributed by atoms with Gasteiger partial charge in [0.2, 0.25) is 0 Å². The van der Waals surface area contributed by atoms with Gasteiger partial charge in [-0.15, -0.1) is 0 Å². The molecule has 0 fully saturated rings. The smallest absolute Gasteiger partial charge is 0.416 e. The number of carbonyl (C=O) groups is 1. The largest absolute Gasteiger partial charge is 0.444 e. The van der Waals surface area contributed by atoms with Gasteiger partial charge in [-0.25, -0.2) is 4.79 Å². The molecule has 2 aromatic rings. The number of hydrogen-bond donors (Lipinski definition) is 0. The fourth-order valence-corrected chi connectivity index (χ4v) is 3.52. The van der Waals surface area contributed by atoms with Crippen LogP contribution < -0.4 is 4.90 Å². The molecule has 1 aliphatic heterocycles. The number of fused-ring (bicyclic) bond motifs is 1. The summed E-state index contributed by atoms with van der Waals surface area (Å²) in [5.41, 5.74) is 3.33. The van der Waals surface area contributed by atoms with Crippen molar-refractivity contribution in [3.63, 3.8) is 0 Å². The molecule has 0 N–H and O–H groups in total. The number of benzene rings is 2. The Hall–Kier alpha value is -2.70. The van der Waals surface area contributed by atoms with E-state index in [1.807, 2.05) is 45.8 Å². The first-order valence-electron chi connectivity index (χ1n) is 9.84. The molecule has 0 unspecified atom stereocenters. The summed E-state index contributed by atoms with van der Waals surface area (Å²) < 4.78 is 44.3. The van der Waals surface area contributed by atoms with Crippen LogP contribution in [-0.4, -0.2) is 37.2 Å². The van der Waals surface area contributed by atoms with Crippen molar-refractivity contribution in [2.75, 3.05) is 25.5 Å². The van der Waals surface area contributed by atoms with Gasteiger partial charge in [-0.3, -0.25) is 0 Å². The minimum Gasteiger partial charge on any atom is -0.444 e. The van der Waals surface area contributed by atoms with Gasteiger partial charge < -0.3 is 14.5 Å². The molecule has 30 heavy (non-hydrogen) atoms. The normalized spacial score (nSPS) is 14.3. The number of anilines is 1. The van der Waals surface area contributed by atoms with E-state index in [-0.39, 0.29) is 6.09 Å². The number of ether oxygens (including phenoxy) is 1. The van der Waals surface area contributed by atoms with E-state index >= 15 is 0 Å². The van der Waals surface area contributed by atoms with Gasteiger partial charge in [0.1, 0.15) is 5.60 Å². The zero-order valence-corrected chi connectivity index (χ0v) is 17.9. The average Bonchev–Trinajstić information content (AvgIpc) is 2.64. The lowest BCUT2D eigenvalue weighted by molar-refractivity contribution is -0.137. The van der Waals surface area contributed by atoms with Crippen molar-refractivity contribution in [2.45, 2.75) is 45.5 Å². The van der Waals surface area contributed by atoms with Crippen molar-refractivity contribution in [1.82, 2.24) is 4.90 Å². The highest BCUT2D eigenvalue weighted by atomic mass is 19.4. The Bertz CT molecular complexity index is 929. The van der Waals surface area contributed by atoms with E-state index in [4.69, 9.17) is 4.74 Å². The number of carbonyl (C=O) groups excluding carboxylic acids is 1. The van der Waals surface area contributed by atoms with Crippen molar-refractivity contribution < 1.29 is 22.7 Å².